The molecule has 0 aliphatic rings. The minimum atomic E-state index is -1.23. The zero-order valence-corrected chi connectivity index (χ0v) is 16.0. The topological polar surface area (TPSA) is 138 Å². The summed E-state index contributed by atoms with van der Waals surface area (Å²) in [6, 6.07) is 4.07. The molecule has 7 nitrogen and oxygen atoms in total. The molecule has 11 heteroatoms. The van der Waals surface area contributed by atoms with Crippen LogP contribution in [0.5, 0.6) is 0 Å². The zero-order valence-electron chi connectivity index (χ0n) is 14.5. The van der Waals surface area contributed by atoms with Crippen molar-refractivity contribution in [2.75, 3.05) is 5.73 Å². The van der Waals surface area contributed by atoms with Crippen LogP contribution in [-0.4, -0.2) is 33.2 Å². The van der Waals surface area contributed by atoms with Crippen LogP contribution >= 0.6 is 23.2 Å². The number of carboxylic acids is 3. The number of aromatic carboxylic acids is 2. The van der Waals surface area contributed by atoms with Crippen LogP contribution < -0.4 is 5.73 Å². The lowest BCUT2D eigenvalue weighted by molar-refractivity contribution is -0.134. The predicted molar refractivity (Wildman–Crippen MR) is 99.2 cm³/mol. The van der Waals surface area contributed by atoms with Gasteiger partial charge >= 0.3 is 11.9 Å². The van der Waals surface area contributed by atoms with Crippen molar-refractivity contribution in [2.24, 2.45) is 0 Å². The summed E-state index contributed by atoms with van der Waals surface area (Å²) in [6.07, 6.45) is 0. The van der Waals surface area contributed by atoms with Gasteiger partial charge in [-0.1, -0.05) is 23.2 Å². The maximum atomic E-state index is 12.7. The Morgan fingerprint density at radius 2 is 1.21 bits per heavy atom. The Bertz CT molecular complexity index is 834. The van der Waals surface area contributed by atoms with Gasteiger partial charge in [0.2, 0.25) is 0 Å². The monoisotopic (exact) mass is 437 g/mol. The van der Waals surface area contributed by atoms with Crippen LogP contribution in [-0.2, 0) is 4.79 Å². The Morgan fingerprint density at radius 1 is 0.857 bits per heavy atom. The summed E-state index contributed by atoms with van der Waals surface area (Å²) >= 11 is 10.9. The lowest BCUT2D eigenvalue weighted by atomic mass is 10.1. The van der Waals surface area contributed by atoms with Crippen LogP contribution in [0.25, 0.3) is 0 Å². The summed E-state index contributed by atoms with van der Waals surface area (Å²) in [6.45, 7) is 2.57. The summed E-state index contributed by atoms with van der Waals surface area (Å²) < 4.78 is 25.4. The molecule has 0 radical (unpaired) electrons. The Balaban J connectivity index is 0.000000439. The smallest absolute Gasteiger partial charge is 0.337 e. The van der Waals surface area contributed by atoms with Gasteiger partial charge in [-0.25, -0.2) is 18.4 Å². The fourth-order valence-corrected chi connectivity index (χ4v) is 2.01. The number of hydrogen-bond donors (Lipinski definition) is 4. The summed E-state index contributed by atoms with van der Waals surface area (Å²) in [5.41, 5.74) is 4.91. The number of halogens is 4. The second-order valence-electron chi connectivity index (χ2n) is 5.06. The van der Waals surface area contributed by atoms with Crippen molar-refractivity contribution in [1.82, 2.24) is 0 Å². The normalized spacial score (nSPS) is 9.36. The second-order valence-corrected chi connectivity index (χ2v) is 5.88. The first-order valence-electron chi connectivity index (χ1n) is 7.14. The van der Waals surface area contributed by atoms with Gasteiger partial charge in [0.25, 0.3) is 5.97 Å². The van der Waals surface area contributed by atoms with Gasteiger partial charge in [-0.3, -0.25) is 4.79 Å². The standard InChI is InChI=1S/C8H6ClFO2.C7H5ClFNO2.C2H4O2/c1-4-2-5(8(11)12)6(9)3-7(4)10;8-4-2-5(9)6(10)1-3(4)7(11)12;1-2(3)4/h2-3H,1H3,(H,11,12);1-2H,10H2,(H,11,12);1H3,(H,3,4). The van der Waals surface area contributed by atoms with Crippen molar-refractivity contribution >= 4 is 46.8 Å². The van der Waals surface area contributed by atoms with E-state index in [0.29, 0.717) is 0 Å². The molecule has 0 bridgehead atoms. The first-order valence-corrected chi connectivity index (χ1v) is 7.89. The van der Waals surface area contributed by atoms with Gasteiger partial charge in [0.1, 0.15) is 11.6 Å². The van der Waals surface area contributed by atoms with Crippen LogP contribution in [0.3, 0.4) is 0 Å². The number of anilines is 1. The van der Waals surface area contributed by atoms with Gasteiger partial charge in [0, 0.05) is 6.92 Å². The molecule has 2 aromatic carbocycles. The highest BCUT2D eigenvalue weighted by Crippen LogP contribution is 2.22. The SMILES string of the molecule is CC(=O)O.Cc1cc(C(=O)O)c(Cl)cc1F.Nc1cc(C(=O)O)c(Cl)cc1F. The molecule has 0 saturated heterocycles. The highest BCUT2D eigenvalue weighted by Gasteiger charge is 2.12. The molecule has 28 heavy (non-hydrogen) atoms. The summed E-state index contributed by atoms with van der Waals surface area (Å²) in [5.74, 6) is -4.43. The quantitative estimate of drug-likeness (QED) is 0.512. The number of aliphatic carboxylic acids is 1. The molecule has 2 rings (SSSR count). The van der Waals surface area contributed by atoms with Gasteiger partial charge in [-0.2, -0.15) is 0 Å². The van der Waals surface area contributed by atoms with Crippen LogP contribution in [0.2, 0.25) is 10.0 Å². The largest absolute Gasteiger partial charge is 0.481 e. The van der Waals surface area contributed by atoms with E-state index in [0.717, 1.165) is 25.1 Å². The molecular weight excluding hydrogens is 423 g/mol. The molecule has 0 saturated carbocycles. The average molecular weight is 438 g/mol. The predicted octanol–water partition coefficient (Wildman–Crippen LogP) is 4.34. The maximum absolute atomic E-state index is 12.7. The Morgan fingerprint density at radius 3 is 1.61 bits per heavy atom. The minimum Gasteiger partial charge on any atom is -0.481 e. The van der Waals surface area contributed by atoms with E-state index < -0.39 is 29.5 Å². The third kappa shape index (κ3) is 8.19. The Kier molecular flexibility index (Phi) is 9.90. The van der Waals surface area contributed by atoms with E-state index in [4.69, 9.17) is 49.0 Å². The molecule has 0 atom stereocenters. The summed E-state index contributed by atoms with van der Waals surface area (Å²) in [7, 11) is 0. The van der Waals surface area contributed by atoms with Crippen molar-refractivity contribution in [1.29, 1.82) is 0 Å². The van der Waals surface area contributed by atoms with Gasteiger partial charge in [-0.15, -0.1) is 0 Å². The van der Waals surface area contributed by atoms with E-state index >= 15 is 0 Å². The third-order valence-electron chi connectivity index (χ3n) is 2.80. The number of nitrogen functional groups attached to an aromatic ring is 1. The van der Waals surface area contributed by atoms with E-state index in [-0.39, 0.29) is 32.4 Å². The second kappa shape index (κ2) is 11.1. The van der Waals surface area contributed by atoms with Gasteiger partial charge in [0.15, 0.2) is 0 Å². The molecule has 0 aliphatic carbocycles. The fraction of sp³-hybridized carbons (Fsp3) is 0.118. The van der Waals surface area contributed by atoms with Crippen molar-refractivity contribution in [3.63, 3.8) is 0 Å². The van der Waals surface area contributed by atoms with Gasteiger partial charge in [0.05, 0.1) is 26.9 Å². The number of benzene rings is 2. The van der Waals surface area contributed by atoms with Crippen molar-refractivity contribution in [3.8, 4) is 0 Å². The maximum Gasteiger partial charge on any atom is 0.337 e. The van der Waals surface area contributed by atoms with Crippen LogP contribution in [0.1, 0.15) is 33.2 Å². The van der Waals surface area contributed by atoms with E-state index in [1.165, 1.54) is 13.0 Å². The lowest BCUT2D eigenvalue weighted by Crippen LogP contribution is -2.00. The molecule has 0 unspecified atom stereocenters. The van der Waals surface area contributed by atoms with E-state index in [2.05, 4.69) is 0 Å². The van der Waals surface area contributed by atoms with Crippen molar-refractivity contribution in [3.05, 3.63) is 62.6 Å². The minimum absolute atomic E-state index is 0.0735. The fourth-order valence-electron chi connectivity index (χ4n) is 1.55. The number of hydrogen-bond acceptors (Lipinski definition) is 4. The molecule has 0 fully saturated rings. The number of rotatable bonds is 2. The van der Waals surface area contributed by atoms with Gasteiger partial charge in [-0.05, 0) is 36.8 Å². The Labute approximate surface area is 167 Å². The van der Waals surface area contributed by atoms with Crippen molar-refractivity contribution < 1.29 is 38.5 Å². The molecule has 0 aromatic heterocycles. The number of aryl methyl sites for hydroxylation is 1. The van der Waals surface area contributed by atoms with E-state index in [1.54, 1.807) is 0 Å². The van der Waals surface area contributed by atoms with Crippen molar-refractivity contribution in [2.45, 2.75) is 13.8 Å². The highest BCUT2D eigenvalue weighted by atomic mass is 35.5. The molecule has 0 heterocycles. The molecule has 2 aromatic rings. The molecule has 0 aliphatic heterocycles. The third-order valence-corrected chi connectivity index (χ3v) is 3.42. The number of carboxylic acid groups (broad SMARTS) is 3. The average Bonchev–Trinajstić information content (AvgIpc) is 2.54. The number of carbonyl (C=O) groups is 3. The highest BCUT2D eigenvalue weighted by molar-refractivity contribution is 6.34. The first kappa shape index (κ1) is 25.1. The first-order chi connectivity index (χ1) is 12.8. The van der Waals surface area contributed by atoms with Crippen LogP contribution in [0, 0.1) is 18.6 Å². The van der Waals surface area contributed by atoms with Crippen LogP contribution in [0.15, 0.2) is 24.3 Å². The zero-order chi connectivity index (χ0) is 22.2. The van der Waals surface area contributed by atoms with E-state index in [9.17, 15) is 18.4 Å². The van der Waals surface area contributed by atoms with Crippen LogP contribution in [0.4, 0.5) is 14.5 Å². The molecule has 0 spiro atoms. The molecule has 152 valence electrons. The molecular formula is C17H15Cl2F2NO6. The summed E-state index contributed by atoms with van der Waals surface area (Å²) in [4.78, 5) is 29.9. The Hall–Kier alpha value is -2.91. The van der Waals surface area contributed by atoms with E-state index in [1.807, 2.05) is 0 Å². The molecule has 5 N–H and O–H groups in total. The van der Waals surface area contributed by atoms with Gasteiger partial charge < -0.3 is 21.1 Å². The molecule has 0 amide bonds. The summed E-state index contributed by atoms with van der Waals surface area (Å²) in [5, 5.41) is 24.3. The number of nitrogens with two attached hydrogens (primary N) is 1. The lowest BCUT2D eigenvalue weighted by Gasteiger charge is -2.00.